The molecule has 1 fully saturated rings. The van der Waals surface area contributed by atoms with Gasteiger partial charge in [-0.05, 0) is 129 Å². The first-order chi connectivity index (χ1) is 33.3. The fraction of sp³-hybridized carbons (Fsp3) is 0.200. The van der Waals surface area contributed by atoms with Gasteiger partial charge in [-0.1, -0.05) is 170 Å². The molecule has 0 bridgehead atoms. The Hall–Kier alpha value is -5.75. The van der Waals surface area contributed by atoms with E-state index in [1.807, 2.05) is 175 Å². The summed E-state index contributed by atoms with van der Waals surface area (Å²) in [5, 5.41) is 8.52. The number of halogens is 1. The summed E-state index contributed by atoms with van der Waals surface area (Å²) < 4.78 is 5.55. The number of nitrogens with zero attached hydrogens (tertiary/aromatic N) is 1. The van der Waals surface area contributed by atoms with E-state index in [1.165, 1.54) is 24.0 Å². The number of hydrogen-bond acceptors (Lipinski definition) is 7. The van der Waals surface area contributed by atoms with Crippen molar-refractivity contribution in [3.05, 3.63) is 254 Å². The standard InChI is InChI=1S/C21H21NO.C15H22O3.2C12H11N.BrH.Mg.H/c1-4-11-19(12-5-1)13-10-18-23-22(20-14-6-2-7-15-20)21-16-8-3-9-17-21;1-2-7-14(8-3-1)9-6-12-17-18-13-15-10-4-5-11-16-15;2*1-3-7-11(8-4-1)13-12-9-5-2-6-10-12;;;/h1-9,11-12,14-17H,10,13,18H2;1-3,7-8,15H,4-6,9-13H2;2*1-10,13H;1H;;/q;;;;;+2;-1/p-1. The molecule has 8 aromatic carbocycles. The fourth-order valence-corrected chi connectivity index (χ4v) is 7.02. The maximum Gasteiger partial charge on any atom is 2.00 e. The number of benzene rings is 8. The van der Waals surface area contributed by atoms with Crippen molar-refractivity contribution in [3.8, 4) is 0 Å². The molecule has 8 aromatic rings. The third-order valence-corrected chi connectivity index (χ3v) is 10.5. The van der Waals surface area contributed by atoms with Crippen molar-refractivity contribution >= 4 is 57.2 Å². The van der Waals surface area contributed by atoms with Gasteiger partial charge in [0.2, 0.25) is 0 Å². The van der Waals surface area contributed by atoms with E-state index in [0.29, 0.717) is 19.8 Å². The van der Waals surface area contributed by atoms with Crippen LogP contribution in [0.15, 0.2) is 243 Å². The third-order valence-electron chi connectivity index (χ3n) is 10.5. The molecular formula is C60H66BrMgN3O4. The molecule has 1 aliphatic rings. The van der Waals surface area contributed by atoms with Crippen LogP contribution in [0.1, 0.15) is 44.7 Å². The van der Waals surface area contributed by atoms with E-state index in [2.05, 4.69) is 83.4 Å². The Kier molecular flexibility index (Phi) is 28.6. The Bertz CT molecular complexity index is 2210. The van der Waals surface area contributed by atoms with E-state index in [-0.39, 0.29) is 47.6 Å². The Balaban J connectivity index is 0.000000250. The van der Waals surface area contributed by atoms with Gasteiger partial charge in [0.25, 0.3) is 0 Å². The van der Waals surface area contributed by atoms with E-state index in [1.54, 1.807) is 0 Å². The van der Waals surface area contributed by atoms with Crippen LogP contribution in [0.25, 0.3) is 0 Å². The van der Waals surface area contributed by atoms with Crippen LogP contribution >= 0.6 is 0 Å². The van der Waals surface area contributed by atoms with Crippen LogP contribution < -0.4 is 32.7 Å². The first kappa shape index (κ1) is 55.8. The molecule has 0 aromatic heterocycles. The minimum absolute atomic E-state index is 0. The summed E-state index contributed by atoms with van der Waals surface area (Å²) in [4.78, 5) is 16.4. The number of para-hydroxylation sites is 6. The van der Waals surface area contributed by atoms with E-state index in [9.17, 15) is 0 Å². The molecule has 1 unspecified atom stereocenters. The van der Waals surface area contributed by atoms with Gasteiger partial charge < -0.3 is 33.8 Å². The van der Waals surface area contributed by atoms with Gasteiger partial charge in [-0.15, -0.1) is 0 Å². The fourth-order valence-electron chi connectivity index (χ4n) is 7.02. The molecule has 1 saturated heterocycles. The van der Waals surface area contributed by atoms with Crippen LogP contribution in [0, 0.1) is 0 Å². The van der Waals surface area contributed by atoms with Crippen LogP contribution in [0.5, 0.6) is 0 Å². The van der Waals surface area contributed by atoms with E-state index in [0.717, 1.165) is 72.8 Å². The second-order valence-electron chi connectivity index (χ2n) is 15.8. The molecule has 7 nitrogen and oxygen atoms in total. The summed E-state index contributed by atoms with van der Waals surface area (Å²) in [5.41, 5.74) is 9.25. The summed E-state index contributed by atoms with van der Waals surface area (Å²) in [6.45, 7) is 2.74. The van der Waals surface area contributed by atoms with Crippen LogP contribution in [-0.4, -0.2) is 55.6 Å². The molecule has 9 rings (SSSR count). The zero-order valence-electron chi connectivity index (χ0n) is 40.6. The Morgan fingerprint density at radius 1 is 0.435 bits per heavy atom. The van der Waals surface area contributed by atoms with Gasteiger partial charge in [-0.25, -0.2) is 14.8 Å². The number of rotatable bonds is 18. The van der Waals surface area contributed by atoms with Gasteiger partial charge in [-0.2, -0.15) is 0 Å². The topological polar surface area (TPSA) is 64.2 Å². The van der Waals surface area contributed by atoms with Crippen molar-refractivity contribution in [1.29, 1.82) is 0 Å². The molecule has 0 aliphatic carbocycles. The molecule has 0 spiro atoms. The van der Waals surface area contributed by atoms with Crippen molar-refractivity contribution in [2.75, 3.05) is 42.1 Å². The molecule has 9 heteroatoms. The van der Waals surface area contributed by atoms with Crippen molar-refractivity contribution in [2.45, 2.75) is 51.0 Å². The largest absolute Gasteiger partial charge is 2.00 e. The first-order valence-corrected chi connectivity index (χ1v) is 23.5. The van der Waals surface area contributed by atoms with Gasteiger partial charge >= 0.3 is 23.1 Å². The number of ether oxygens (including phenoxy) is 1. The minimum Gasteiger partial charge on any atom is -1.00 e. The van der Waals surface area contributed by atoms with Crippen molar-refractivity contribution in [2.24, 2.45) is 0 Å². The monoisotopic (exact) mass is 995 g/mol. The Morgan fingerprint density at radius 3 is 1.14 bits per heavy atom. The molecule has 1 heterocycles. The minimum atomic E-state index is 0. The predicted octanol–water partition coefficient (Wildman–Crippen LogP) is 12.1. The van der Waals surface area contributed by atoms with Gasteiger partial charge in [0.1, 0.15) is 6.61 Å². The maximum absolute atomic E-state index is 6.07. The van der Waals surface area contributed by atoms with Crippen molar-refractivity contribution in [3.63, 3.8) is 0 Å². The molecular weight excluding hydrogens is 931 g/mol. The van der Waals surface area contributed by atoms with Gasteiger partial charge in [-0.3, -0.25) is 4.84 Å². The average Bonchev–Trinajstić information content (AvgIpc) is 3.41. The summed E-state index contributed by atoms with van der Waals surface area (Å²) in [6, 6.07) is 81.9. The predicted molar refractivity (Wildman–Crippen MR) is 285 cm³/mol. The summed E-state index contributed by atoms with van der Waals surface area (Å²) in [6.07, 6.45) is 7.76. The van der Waals surface area contributed by atoms with Crippen LogP contribution in [0.4, 0.5) is 34.1 Å². The number of nitrogens with one attached hydrogen (secondary N) is 2. The number of hydrogen-bond donors (Lipinski definition) is 2. The zero-order valence-corrected chi connectivity index (χ0v) is 42.6. The molecule has 0 amide bonds. The van der Waals surface area contributed by atoms with Crippen molar-refractivity contribution < 1.29 is 37.8 Å². The van der Waals surface area contributed by atoms with E-state index >= 15 is 0 Å². The molecule has 0 saturated carbocycles. The smallest absolute Gasteiger partial charge is 1.00 e. The molecule has 354 valence electrons. The van der Waals surface area contributed by atoms with Gasteiger partial charge in [0, 0.05) is 29.4 Å². The first-order valence-electron chi connectivity index (χ1n) is 23.5. The summed E-state index contributed by atoms with van der Waals surface area (Å²) in [7, 11) is 0. The van der Waals surface area contributed by atoms with Gasteiger partial charge in [0.15, 0.2) is 0 Å². The van der Waals surface area contributed by atoms with Crippen LogP contribution in [-0.2, 0) is 32.2 Å². The van der Waals surface area contributed by atoms with E-state index in [4.69, 9.17) is 19.3 Å². The third kappa shape index (κ3) is 23.4. The normalized spacial score (nSPS) is 12.3. The summed E-state index contributed by atoms with van der Waals surface area (Å²) >= 11 is 0. The quantitative estimate of drug-likeness (QED) is 0.0384. The van der Waals surface area contributed by atoms with E-state index < -0.39 is 0 Å². The summed E-state index contributed by atoms with van der Waals surface area (Å²) in [5.74, 6) is 0. The van der Waals surface area contributed by atoms with Crippen LogP contribution in [0.2, 0.25) is 0 Å². The molecule has 2 N–H and O–H groups in total. The molecule has 0 radical (unpaired) electrons. The second kappa shape index (κ2) is 35.4. The Morgan fingerprint density at radius 2 is 0.783 bits per heavy atom. The Labute approximate surface area is 439 Å². The number of anilines is 6. The maximum atomic E-state index is 6.07. The SMILES string of the molecule is [Br-].[H-].[Mg+2].c1ccc(CCCON(c2ccccc2)c2ccccc2)cc1.c1ccc(CCCOOCC2CCCCO2)cc1.c1ccc(Nc2ccccc2)cc1.c1ccc(Nc2ccccc2)cc1. The molecule has 1 aliphatic heterocycles. The zero-order chi connectivity index (χ0) is 46.1. The average molecular weight is 997 g/mol. The molecule has 1 atom stereocenters. The van der Waals surface area contributed by atoms with Gasteiger partial charge in [0.05, 0.1) is 30.7 Å². The number of aryl methyl sites for hydroxylation is 2. The molecule has 69 heavy (non-hydrogen) atoms. The second-order valence-corrected chi connectivity index (χ2v) is 15.8. The van der Waals surface area contributed by atoms with Crippen LogP contribution in [0.3, 0.4) is 0 Å². The van der Waals surface area contributed by atoms with Crippen molar-refractivity contribution in [1.82, 2.24) is 0 Å².